The Kier molecular flexibility index (Phi) is 2.83. The summed E-state index contributed by atoms with van der Waals surface area (Å²) in [6.45, 7) is 0. The molecule has 0 atom stereocenters. The molecule has 0 spiro atoms. The quantitative estimate of drug-likeness (QED) is 0.780. The molecule has 0 aliphatic heterocycles. The third-order valence-corrected chi connectivity index (χ3v) is 3.83. The molecule has 0 saturated carbocycles. The molecule has 1 N–H and O–H groups in total. The Morgan fingerprint density at radius 2 is 2.00 bits per heavy atom. The number of halogens is 1. The molecule has 0 bridgehead atoms. The highest BCUT2D eigenvalue weighted by Crippen LogP contribution is 2.16. The van der Waals surface area contributed by atoms with E-state index < -0.39 is 20.7 Å². The normalized spacial score (nSPS) is 11.7. The van der Waals surface area contributed by atoms with Gasteiger partial charge < -0.3 is 0 Å². The Balaban J connectivity index is 1.99. The summed E-state index contributed by atoms with van der Waals surface area (Å²) in [5.41, 5.74) is 0. The van der Waals surface area contributed by atoms with Crippen molar-refractivity contribution in [1.29, 1.82) is 0 Å². The van der Waals surface area contributed by atoms with E-state index in [0.29, 0.717) is 0 Å². The number of fused-ring (bicyclic) bond motifs is 1. The molecular formula is C11H8FN5O2S. The number of nitrogens with one attached hydrogen (secondary N) is 1. The van der Waals surface area contributed by atoms with Crippen molar-refractivity contribution in [2.24, 2.45) is 0 Å². The maximum Gasteiger partial charge on any atom is 0.267 e. The van der Waals surface area contributed by atoms with Crippen molar-refractivity contribution in [3.63, 3.8) is 0 Å². The van der Waals surface area contributed by atoms with Crippen LogP contribution in [0.4, 0.5) is 10.3 Å². The summed E-state index contributed by atoms with van der Waals surface area (Å²) in [5.74, 6) is -0.785. The second-order valence-corrected chi connectivity index (χ2v) is 5.49. The van der Waals surface area contributed by atoms with E-state index in [9.17, 15) is 12.8 Å². The zero-order valence-electron chi connectivity index (χ0n) is 9.93. The SMILES string of the molecule is O=S(=O)(Nc1nc2ncccn2n1)c1ccccc1F. The van der Waals surface area contributed by atoms with Crippen molar-refractivity contribution < 1.29 is 12.8 Å². The van der Waals surface area contributed by atoms with E-state index in [-0.39, 0.29) is 11.7 Å². The van der Waals surface area contributed by atoms with Crippen molar-refractivity contribution in [2.45, 2.75) is 4.90 Å². The topological polar surface area (TPSA) is 89.2 Å². The van der Waals surface area contributed by atoms with Gasteiger partial charge in [-0.1, -0.05) is 12.1 Å². The molecule has 0 fully saturated rings. The van der Waals surface area contributed by atoms with Gasteiger partial charge in [0.1, 0.15) is 10.7 Å². The van der Waals surface area contributed by atoms with Gasteiger partial charge in [-0.25, -0.2) is 27.0 Å². The molecule has 20 heavy (non-hydrogen) atoms. The molecule has 0 amide bonds. The maximum absolute atomic E-state index is 13.5. The minimum atomic E-state index is -4.08. The first kappa shape index (κ1) is 12.5. The predicted molar refractivity (Wildman–Crippen MR) is 68.0 cm³/mol. The second-order valence-electron chi connectivity index (χ2n) is 3.84. The molecule has 1 aromatic carbocycles. The molecular weight excluding hydrogens is 285 g/mol. The zero-order valence-corrected chi connectivity index (χ0v) is 10.7. The number of hydrogen-bond donors (Lipinski definition) is 1. The Bertz CT molecular complexity index is 844. The van der Waals surface area contributed by atoms with E-state index in [1.165, 1.54) is 22.8 Å². The van der Waals surface area contributed by atoms with Crippen LogP contribution < -0.4 is 4.72 Å². The summed E-state index contributed by atoms with van der Waals surface area (Å²) in [6.07, 6.45) is 3.06. The first-order chi connectivity index (χ1) is 9.56. The van der Waals surface area contributed by atoms with Crippen molar-refractivity contribution in [3.8, 4) is 0 Å². The Morgan fingerprint density at radius 3 is 2.75 bits per heavy atom. The largest absolute Gasteiger partial charge is 0.267 e. The molecule has 0 radical (unpaired) electrons. The maximum atomic E-state index is 13.5. The highest BCUT2D eigenvalue weighted by Gasteiger charge is 2.20. The first-order valence-corrected chi connectivity index (χ1v) is 6.99. The molecule has 0 aliphatic carbocycles. The van der Waals surface area contributed by atoms with Crippen LogP contribution in [-0.4, -0.2) is 28.0 Å². The van der Waals surface area contributed by atoms with Gasteiger partial charge in [0.05, 0.1) is 0 Å². The first-order valence-electron chi connectivity index (χ1n) is 5.51. The number of benzene rings is 1. The minimum Gasteiger partial charge on any atom is -0.246 e. The highest BCUT2D eigenvalue weighted by molar-refractivity contribution is 7.92. The van der Waals surface area contributed by atoms with Crippen LogP contribution >= 0.6 is 0 Å². The van der Waals surface area contributed by atoms with E-state index in [4.69, 9.17) is 0 Å². The number of rotatable bonds is 3. The van der Waals surface area contributed by atoms with Crippen LogP contribution in [0.3, 0.4) is 0 Å². The lowest BCUT2D eigenvalue weighted by Crippen LogP contribution is -2.15. The minimum absolute atomic E-state index is 0.174. The van der Waals surface area contributed by atoms with Crippen LogP contribution in [0.15, 0.2) is 47.6 Å². The van der Waals surface area contributed by atoms with Gasteiger partial charge in [-0.15, -0.1) is 5.10 Å². The molecule has 3 aromatic rings. The monoisotopic (exact) mass is 293 g/mol. The van der Waals surface area contributed by atoms with E-state index in [1.54, 1.807) is 12.3 Å². The number of sulfonamides is 1. The van der Waals surface area contributed by atoms with Gasteiger partial charge in [0, 0.05) is 12.4 Å². The van der Waals surface area contributed by atoms with Gasteiger partial charge >= 0.3 is 0 Å². The fraction of sp³-hybridized carbons (Fsp3) is 0. The lowest BCUT2D eigenvalue weighted by molar-refractivity contribution is 0.570. The third kappa shape index (κ3) is 2.18. The number of hydrogen-bond acceptors (Lipinski definition) is 5. The van der Waals surface area contributed by atoms with E-state index in [0.717, 1.165) is 12.1 Å². The standard InChI is InChI=1S/C11H8FN5O2S/c12-8-4-1-2-5-9(8)20(18,19)16-10-14-11-13-6-3-7-17(11)15-10/h1-7H,(H,15,16). The fourth-order valence-electron chi connectivity index (χ4n) is 1.61. The highest BCUT2D eigenvalue weighted by atomic mass is 32.2. The van der Waals surface area contributed by atoms with Crippen LogP contribution in [0.25, 0.3) is 5.78 Å². The summed E-state index contributed by atoms with van der Waals surface area (Å²) < 4.78 is 41.0. The molecule has 102 valence electrons. The van der Waals surface area contributed by atoms with Gasteiger partial charge in [-0.05, 0) is 18.2 Å². The number of anilines is 1. The molecule has 3 rings (SSSR count). The molecule has 0 aliphatic rings. The van der Waals surface area contributed by atoms with Crippen molar-refractivity contribution in [3.05, 3.63) is 48.5 Å². The Hall–Kier alpha value is -2.55. The van der Waals surface area contributed by atoms with Crippen molar-refractivity contribution in [1.82, 2.24) is 19.6 Å². The molecule has 7 nitrogen and oxygen atoms in total. The fourth-order valence-corrected chi connectivity index (χ4v) is 2.63. The second kappa shape index (κ2) is 4.53. The van der Waals surface area contributed by atoms with Gasteiger partial charge in [0.15, 0.2) is 0 Å². The van der Waals surface area contributed by atoms with Crippen molar-refractivity contribution in [2.75, 3.05) is 4.72 Å². The number of aromatic nitrogens is 4. The van der Waals surface area contributed by atoms with E-state index in [2.05, 4.69) is 19.8 Å². The predicted octanol–water partition coefficient (Wildman–Crippen LogP) is 1.06. The smallest absolute Gasteiger partial charge is 0.246 e. The molecule has 9 heteroatoms. The Labute approximate surface area is 113 Å². The van der Waals surface area contributed by atoms with Crippen LogP contribution in [0, 0.1) is 5.82 Å². The number of nitrogens with zero attached hydrogens (tertiary/aromatic N) is 4. The van der Waals surface area contributed by atoms with E-state index >= 15 is 0 Å². The van der Waals surface area contributed by atoms with Crippen LogP contribution in [0.5, 0.6) is 0 Å². The molecule has 2 aromatic heterocycles. The van der Waals surface area contributed by atoms with Crippen LogP contribution in [-0.2, 0) is 10.0 Å². The van der Waals surface area contributed by atoms with Crippen molar-refractivity contribution >= 4 is 21.7 Å². The van der Waals surface area contributed by atoms with Gasteiger partial charge in [0.2, 0.25) is 0 Å². The molecule has 2 heterocycles. The summed E-state index contributed by atoms with van der Waals surface area (Å²) in [6, 6.07) is 6.67. The summed E-state index contributed by atoms with van der Waals surface area (Å²) in [7, 11) is -4.08. The Morgan fingerprint density at radius 1 is 1.20 bits per heavy atom. The third-order valence-electron chi connectivity index (χ3n) is 2.47. The average Bonchev–Trinajstić information content (AvgIpc) is 2.80. The summed E-state index contributed by atoms with van der Waals surface area (Å²) >= 11 is 0. The summed E-state index contributed by atoms with van der Waals surface area (Å²) in [4.78, 5) is 7.32. The van der Waals surface area contributed by atoms with Crippen LogP contribution in [0.1, 0.15) is 0 Å². The molecule has 0 saturated heterocycles. The van der Waals surface area contributed by atoms with Gasteiger partial charge in [-0.3, -0.25) is 0 Å². The lowest BCUT2D eigenvalue weighted by Gasteiger charge is -2.04. The lowest BCUT2D eigenvalue weighted by atomic mass is 10.4. The van der Waals surface area contributed by atoms with E-state index in [1.807, 2.05) is 0 Å². The van der Waals surface area contributed by atoms with Crippen LogP contribution in [0.2, 0.25) is 0 Å². The molecule has 0 unspecified atom stereocenters. The van der Waals surface area contributed by atoms with Gasteiger partial charge in [0.25, 0.3) is 21.7 Å². The average molecular weight is 293 g/mol. The zero-order chi connectivity index (χ0) is 14.2. The summed E-state index contributed by atoms with van der Waals surface area (Å²) in [5, 5.41) is 3.88. The van der Waals surface area contributed by atoms with Gasteiger partial charge in [-0.2, -0.15) is 4.98 Å².